The van der Waals surface area contributed by atoms with Crippen molar-refractivity contribution < 1.29 is 22.8 Å². The fraction of sp³-hybridized carbons (Fsp3) is 0.636. The maximum absolute atomic E-state index is 11.8. The van der Waals surface area contributed by atoms with Crippen LogP contribution in [0.25, 0.3) is 0 Å². The highest BCUT2D eigenvalue weighted by Crippen LogP contribution is 2.13. The average Bonchev–Trinajstić information content (AvgIpc) is 2.22. The quantitative estimate of drug-likeness (QED) is 0.583. The first-order valence-corrected chi connectivity index (χ1v) is 5.45. The van der Waals surface area contributed by atoms with Crippen molar-refractivity contribution in [2.45, 2.75) is 26.9 Å². The van der Waals surface area contributed by atoms with Gasteiger partial charge in [-0.2, -0.15) is 13.2 Å². The molecule has 0 aromatic rings. The minimum absolute atomic E-state index is 0.0530. The van der Waals surface area contributed by atoms with Crippen molar-refractivity contribution in [1.29, 1.82) is 0 Å². The van der Waals surface area contributed by atoms with Crippen molar-refractivity contribution >= 4 is 11.8 Å². The Bertz CT molecular complexity index is 336. The molecular weight excluding hydrogens is 249 g/mol. The van der Waals surface area contributed by atoms with Gasteiger partial charge in [-0.25, -0.2) is 0 Å². The zero-order valence-corrected chi connectivity index (χ0v) is 10.5. The van der Waals surface area contributed by atoms with Gasteiger partial charge in [0.05, 0.1) is 0 Å². The van der Waals surface area contributed by atoms with Crippen LogP contribution in [-0.4, -0.2) is 31.1 Å². The molecule has 0 aromatic carbocycles. The van der Waals surface area contributed by atoms with Crippen LogP contribution < -0.4 is 10.6 Å². The van der Waals surface area contributed by atoms with Crippen molar-refractivity contribution in [3.8, 4) is 0 Å². The van der Waals surface area contributed by atoms with E-state index in [1.54, 1.807) is 12.2 Å². The molecule has 2 amide bonds. The van der Waals surface area contributed by atoms with Crippen molar-refractivity contribution in [2.24, 2.45) is 5.92 Å². The Hall–Kier alpha value is -1.53. The maximum atomic E-state index is 11.8. The van der Waals surface area contributed by atoms with Crippen LogP contribution in [0.15, 0.2) is 11.6 Å². The Morgan fingerprint density at radius 1 is 1.17 bits per heavy atom. The SMILES string of the molecule is C/C(=C\C(=O)NCCNC(=O)C(F)(F)F)C(C)C. The highest BCUT2D eigenvalue weighted by atomic mass is 19.4. The van der Waals surface area contributed by atoms with Crippen LogP contribution in [0.5, 0.6) is 0 Å². The Balaban J connectivity index is 3.91. The molecule has 0 unspecified atom stereocenters. The molecule has 0 radical (unpaired) electrons. The fourth-order valence-electron chi connectivity index (χ4n) is 0.886. The smallest absolute Gasteiger partial charge is 0.351 e. The third-order valence-electron chi connectivity index (χ3n) is 2.24. The Labute approximate surface area is 104 Å². The summed E-state index contributed by atoms with van der Waals surface area (Å²) in [6, 6.07) is 0. The molecule has 2 N–H and O–H groups in total. The number of alkyl halides is 3. The van der Waals surface area contributed by atoms with E-state index in [1.807, 2.05) is 13.8 Å². The number of halogens is 3. The van der Waals surface area contributed by atoms with Gasteiger partial charge in [-0.05, 0) is 12.8 Å². The summed E-state index contributed by atoms with van der Waals surface area (Å²) in [5.41, 5.74) is 0.867. The predicted octanol–water partition coefficient (Wildman–Crippen LogP) is 1.38. The molecule has 4 nitrogen and oxygen atoms in total. The molecule has 0 aromatic heterocycles. The largest absolute Gasteiger partial charge is 0.471 e. The van der Waals surface area contributed by atoms with Gasteiger partial charge < -0.3 is 10.6 Å². The number of rotatable bonds is 5. The van der Waals surface area contributed by atoms with Crippen LogP contribution in [0.3, 0.4) is 0 Å². The Kier molecular flexibility index (Phi) is 6.43. The molecule has 0 atom stereocenters. The van der Waals surface area contributed by atoms with Gasteiger partial charge >= 0.3 is 12.1 Å². The fourth-order valence-corrected chi connectivity index (χ4v) is 0.886. The summed E-state index contributed by atoms with van der Waals surface area (Å²) in [7, 11) is 0. The standard InChI is InChI=1S/C11H17F3N2O2/c1-7(2)8(3)6-9(17)15-4-5-16-10(18)11(12,13)14/h6-7H,4-5H2,1-3H3,(H,15,17)(H,16,18)/b8-6+. The van der Waals surface area contributed by atoms with Gasteiger partial charge in [0, 0.05) is 19.2 Å². The average molecular weight is 266 g/mol. The lowest BCUT2D eigenvalue weighted by Crippen LogP contribution is -2.41. The van der Waals surface area contributed by atoms with Crippen LogP contribution in [0.4, 0.5) is 13.2 Å². The van der Waals surface area contributed by atoms with Crippen LogP contribution in [0.2, 0.25) is 0 Å². The zero-order chi connectivity index (χ0) is 14.3. The monoisotopic (exact) mass is 266 g/mol. The molecule has 7 heteroatoms. The number of carbonyl (C=O) groups excluding carboxylic acids is 2. The summed E-state index contributed by atoms with van der Waals surface area (Å²) in [6.07, 6.45) is -3.51. The van der Waals surface area contributed by atoms with E-state index < -0.39 is 12.1 Å². The zero-order valence-electron chi connectivity index (χ0n) is 10.5. The number of hydrogen-bond donors (Lipinski definition) is 2. The van der Waals surface area contributed by atoms with Gasteiger partial charge in [0.15, 0.2) is 0 Å². The van der Waals surface area contributed by atoms with Crippen molar-refractivity contribution in [3.05, 3.63) is 11.6 Å². The Morgan fingerprint density at radius 2 is 1.67 bits per heavy atom. The number of hydrogen-bond acceptors (Lipinski definition) is 2. The second-order valence-electron chi connectivity index (χ2n) is 4.09. The van der Waals surface area contributed by atoms with E-state index in [9.17, 15) is 22.8 Å². The van der Waals surface area contributed by atoms with E-state index in [1.165, 1.54) is 6.08 Å². The number of nitrogens with one attached hydrogen (secondary N) is 2. The first kappa shape index (κ1) is 16.5. The van der Waals surface area contributed by atoms with E-state index in [-0.39, 0.29) is 24.9 Å². The molecule has 0 heterocycles. The lowest BCUT2D eigenvalue weighted by atomic mass is 10.1. The molecule has 0 bridgehead atoms. The van der Waals surface area contributed by atoms with E-state index in [0.29, 0.717) is 0 Å². The van der Waals surface area contributed by atoms with Crippen LogP contribution in [-0.2, 0) is 9.59 Å². The minimum atomic E-state index is -4.89. The third-order valence-corrected chi connectivity index (χ3v) is 2.24. The molecule has 0 aliphatic carbocycles. The van der Waals surface area contributed by atoms with Crippen LogP contribution in [0, 0.1) is 5.92 Å². The molecule has 0 fully saturated rings. The third kappa shape index (κ3) is 6.93. The highest BCUT2D eigenvalue weighted by Gasteiger charge is 2.38. The predicted molar refractivity (Wildman–Crippen MR) is 60.7 cm³/mol. The van der Waals surface area contributed by atoms with E-state index in [4.69, 9.17) is 0 Å². The Morgan fingerprint density at radius 3 is 2.11 bits per heavy atom. The minimum Gasteiger partial charge on any atom is -0.351 e. The highest BCUT2D eigenvalue weighted by molar-refractivity contribution is 5.88. The first-order valence-electron chi connectivity index (χ1n) is 5.45. The first-order chi connectivity index (χ1) is 8.14. The summed E-state index contributed by atoms with van der Waals surface area (Å²) in [6.45, 7) is 5.31. The molecule has 18 heavy (non-hydrogen) atoms. The number of allylic oxidation sites excluding steroid dienone is 1. The summed E-state index contributed by atoms with van der Waals surface area (Å²) < 4.78 is 35.4. The molecule has 0 aliphatic rings. The van der Waals surface area contributed by atoms with Gasteiger partial charge in [-0.1, -0.05) is 19.4 Å². The van der Waals surface area contributed by atoms with Crippen molar-refractivity contribution in [1.82, 2.24) is 10.6 Å². The van der Waals surface area contributed by atoms with E-state index in [0.717, 1.165) is 5.57 Å². The molecule has 0 aliphatic heterocycles. The van der Waals surface area contributed by atoms with Gasteiger partial charge in [-0.15, -0.1) is 0 Å². The van der Waals surface area contributed by atoms with Gasteiger partial charge in [-0.3, -0.25) is 9.59 Å². The molecule has 0 rings (SSSR count). The van der Waals surface area contributed by atoms with Crippen molar-refractivity contribution in [3.63, 3.8) is 0 Å². The summed E-state index contributed by atoms with van der Waals surface area (Å²) >= 11 is 0. The molecule has 0 saturated carbocycles. The maximum Gasteiger partial charge on any atom is 0.471 e. The normalized spacial score (nSPS) is 12.5. The lowest BCUT2D eigenvalue weighted by molar-refractivity contribution is -0.173. The van der Waals surface area contributed by atoms with E-state index in [2.05, 4.69) is 5.32 Å². The topological polar surface area (TPSA) is 58.2 Å². The molecule has 0 spiro atoms. The second-order valence-corrected chi connectivity index (χ2v) is 4.09. The number of amides is 2. The summed E-state index contributed by atoms with van der Waals surface area (Å²) in [4.78, 5) is 21.7. The van der Waals surface area contributed by atoms with Gasteiger partial charge in [0.1, 0.15) is 0 Å². The van der Waals surface area contributed by atoms with Crippen LogP contribution in [0.1, 0.15) is 20.8 Å². The molecular formula is C11H17F3N2O2. The van der Waals surface area contributed by atoms with Gasteiger partial charge in [0.2, 0.25) is 5.91 Å². The van der Waals surface area contributed by atoms with E-state index >= 15 is 0 Å². The summed E-state index contributed by atoms with van der Waals surface area (Å²) in [5, 5.41) is 4.03. The summed E-state index contributed by atoms with van der Waals surface area (Å²) in [5.74, 6) is -2.17. The molecule has 104 valence electrons. The second kappa shape index (κ2) is 7.03. The van der Waals surface area contributed by atoms with Crippen LogP contribution >= 0.6 is 0 Å². The molecule has 0 saturated heterocycles. The van der Waals surface area contributed by atoms with Crippen molar-refractivity contribution in [2.75, 3.05) is 13.1 Å². The number of carbonyl (C=O) groups is 2. The lowest BCUT2D eigenvalue weighted by Gasteiger charge is -2.08. The van der Waals surface area contributed by atoms with Gasteiger partial charge in [0.25, 0.3) is 0 Å².